The number of fused-ring (bicyclic) bond motifs is 3. The molecule has 2 aromatic heterocycles. The summed E-state index contributed by atoms with van der Waals surface area (Å²) in [4.78, 5) is 27.6. The van der Waals surface area contributed by atoms with Crippen molar-refractivity contribution in [2.45, 2.75) is 26.1 Å². The number of benzene rings is 1. The Kier molecular flexibility index (Phi) is 5.65. The van der Waals surface area contributed by atoms with Crippen molar-refractivity contribution in [1.29, 1.82) is 0 Å². The lowest BCUT2D eigenvalue weighted by Crippen LogP contribution is -2.33. The molecular weight excluding hydrogens is 476 g/mol. The normalized spacial score (nSPS) is 15.7. The molecule has 1 N–H and O–H groups in total. The van der Waals surface area contributed by atoms with Crippen LogP contribution in [0.4, 0.5) is 29.2 Å². The van der Waals surface area contributed by atoms with E-state index in [4.69, 9.17) is 0 Å². The monoisotopic (exact) mass is 498 g/mol. The maximum absolute atomic E-state index is 14.0. The molecule has 4 heterocycles. The van der Waals surface area contributed by atoms with Crippen molar-refractivity contribution in [3.05, 3.63) is 80.8 Å². The van der Waals surface area contributed by atoms with E-state index >= 15 is 0 Å². The molecule has 11 heteroatoms. The number of aliphatic imine (C=N–C) groups is 1. The van der Waals surface area contributed by atoms with Crippen LogP contribution in [0.1, 0.15) is 41.0 Å². The van der Waals surface area contributed by atoms with Gasteiger partial charge in [0.25, 0.3) is 0 Å². The zero-order valence-corrected chi connectivity index (χ0v) is 19.7. The average molecular weight is 498 g/mol. The first-order valence-electron chi connectivity index (χ1n) is 11.3. The highest BCUT2D eigenvalue weighted by molar-refractivity contribution is 6.36. The molecule has 0 fully saturated rings. The van der Waals surface area contributed by atoms with Gasteiger partial charge in [-0.15, -0.1) is 0 Å². The quantitative estimate of drug-likeness (QED) is 0.533. The summed E-state index contributed by atoms with van der Waals surface area (Å²) in [7, 11) is 1.66. The SMILES string of the molecule is Cc1nc(NC(C)c2cc(F)cc(C(F)(F)F)c2)c2c(n1)N1CCN=C1C(c1ccc(=O)n(C)c1)=C2. The first-order valence-corrected chi connectivity index (χ1v) is 11.3. The molecular formula is C25H22F4N6O. The Bertz CT molecular complexity index is 1490. The smallest absolute Gasteiger partial charge is 0.363 e. The lowest BCUT2D eigenvalue weighted by atomic mass is 9.98. The summed E-state index contributed by atoms with van der Waals surface area (Å²) in [6.45, 7) is 4.51. The van der Waals surface area contributed by atoms with Crippen LogP contribution in [0.15, 0.2) is 46.3 Å². The van der Waals surface area contributed by atoms with E-state index in [9.17, 15) is 22.4 Å². The molecule has 0 bridgehead atoms. The van der Waals surface area contributed by atoms with Gasteiger partial charge in [-0.3, -0.25) is 9.79 Å². The van der Waals surface area contributed by atoms with Crippen molar-refractivity contribution >= 4 is 29.1 Å². The second kappa shape index (κ2) is 8.58. The molecule has 186 valence electrons. The number of rotatable bonds is 4. The Morgan fingerprint density at radius 2 is 1.92 bits per heavy atom. The van der Waals surface area contributed by atoms with Gasteiger partial charge in [-0.2, -0.15) is 13.2 Å². The maximum Gasteiger partial charge on any atom is 0.416 e. The lowest BCUT2D eigenvalue weighted by molar-refractivity contribution is -0.137. The fraction of sp³-hybridized carbons (Fsp3) is 0.280. The third-order valence-electron chi connectivity index (χ3n) is 6.16. The van der Waals surface area contributed by atoms with Gasteiger partial charge in [0, 0.05) is 37.0 Å². The maximum atomic E-state index is 14.0. The molecule has 7 nitrogen and oxygen atoms in total. The minimum atomic E-state index is -4.67. The number of aromatic nitrogens is 3. The van der Waals surface area contributed by atoms with Crippen molar-refractivity contribution in [1.82, 2.24) is 14.5 Å². The number of nitrogens with one attached hydrogen (secondary N) is 1. The number of halogens is 4. The summed E-state index contributed by atoms with van der Waals surface area (Å²) in [6.07, 6.45) is -1.09. The minimum Gasteiger partial charge on any atom is -0.363 e. The number of alkyl halides is 3. The molecule has 0 saturated carbocycles. The average Bonchev–Trinajstić information content (AvgIpc) is 3.30. The Hall–Kier alpha value is -4.02. The summed E-state index contributed by atoms with van der Waals surface area (Å²) in [5.41, 5.74) is 1.10. The van der Waals surface area contributed by atoms with Crippen LogP contribution < -0.4 is 15.8 Å². The predicted molar refractivity (Wildman–Crippen MR) is 129 cm³/mol. The third kappa shape index (κ3) is 4.25. The van der Waals surface area contributed by atoms with Crippen LogP contribution in [0.2, 0.25) is 0 Å². The van der Waals surface area contributed by atoms with Gasteiger partial charge < -0.3 is 14.8 Å². The summed E-state index contributed by atoms with van der Waals surface area (Å²) >= 11 is 0. The molecule has 3 aromatic rings. The van der Waals surface area contributed by atoms with E-state index in [2.05, 4.69) is 20.3 Å². The highest BCUT2D eigenvalue weighted by Gasteiger charge is 2.34. The van der Waals surface area contributed by atoms with Gasteiger partial charge >= 0.3 is 6.18 Å². The molecule has 1 unspecified atom stereocenters. The van der Waals surface area contributed by atoms with E-state index in [0.717, 1.165) is 29.1 Å². The van der Waals surface area contributed by atoms with Crippen molar-refractivity contribution in [3.8, 4) is 0 Å². The van der Waals surface area contributed by atoms with Gasteiger partial charge in [0.2, 0.25) is 5.56 Å². The molecule has 0 aliphatic carbocycles. The second-order valence-electron chi connectivity index (χ2n) is 8.78. The summed E-state index contributed by atoms with van der Waals surface area (Å²) in [5.74, 6) is 1.24. The predicted octanol–water partition coefficient (Wildman–Crippen LogP) is 4.59. The van der Waals surface area contributed by atoms with E-state index in [-0.39, 0.29) is 11.1 Å². The van der Waals surface area contributed by atoms with Gasteiger partial charge in [-0.05, 0) is 49.8 Å². The molecule has 2 aliphatic rings. The first-order chi connectivity index (χ1) is 17.0. The van der Waals surface area contributed by atoms with Gasteiger partial charge in [0.1, 0.15) is 29.1 Å². The van der Waals surface area contributed by atoms with Crippen LogP contribution in [0.5, 0.6) is 0 Å². The van der Waals surface area contributed by atoms with Crippen LogP contribution in [0, 0.1) is 12.7 Å². The Labute approximate surface area is 203 Å². The minimum absolute atomic E-state index is 0.133. The molecule has 1 atom stereocenters. The summed E-state index contributed by atoms with van der Waals surface area (Å²) in [6, 6.07) is 4.98. The topological polar surface area (TPSA) is 75.4 Å². The largest absolute Gasteiger partial charge is 0.416 e. The van der Waals surface area contributed by atoms with Gasteiger partial charge in [-0.25, -0.2) is 14.4 Å². The van der Waals surface area contributed by atoms with Crippen molar-refractivity contribution in [2.24, 2.45) is 12.0 Å². The van der Waals surface area contributed by atoms with Gasteiger partial charge in [0.15, 0.2) is 0 Å². The van der Waals surface area contributed by atoms with Crippen molar-refractivity contribution < 1.29 is 17.6 Å². The summed E-state index contributed by atoms with van der Waals surface area (Å²) < 4.78 is 55.2. The number of nitrogens with zero attached hydrogens (tertiary/aromatic N) is 5. The van der Waals surface area contributed by atoms with Crippen LogP contribution in [-0.4, -0.2) is 33.5 Å². The van der Waals surface area contributed by atoms with Crippen molar-refractivity contribution in [3.63, 3.8) is 0 Å². The highest BCUT2D eigenvalue weighted by atomic mass is 19.4. The molecule has 2 aliphatic heterocycles. The standard InChI is InChI=1S/C25H22F4N6O/c1-13(16-8-17(25(27,28)29)10-18(26)9-16)31-22-20-11-19(15-4-5-21(36)34(3)12-15)23-30-6-7-35(23)24(20)33-14(2)32-22/h4-5,8-13H,6-7H2,1-3H3,(H,31,32,33). The van der Waals surface area contributed by atoms with Gasteiger partial charge in [0.05, 0.1) is 23.7 Å². The Morgan fingerprint density at radius 1 is 1.14 bits per heavy atom. The number of hydrogen-bond donors (Lipinski definition) is 1. The van der Waals surface area contributed by atoms with Crippen LogP contribution in [0.3, 0.4) is 0 Å². The summed E-state index contributed by atoms with van der Waals surface area (Å²) in [5, 5.41) is 3.15. The number of pyridine rings is 1. The van der Waals surface area contributed by atoms with Crippen LogP contribution in [-0.2, 0) is 13.2 Å². The number of anilines is 2. The van der Waals surface area contributed by atoms with E-state index in [1.165, 1.54) is 10.6 Å². The zero-order valence-electron chi connectivity index (χ0n) is 19.7. The molecule has 0 radical (unpaired) electrons. The molecule has 0 saturated heterocycles. The number of hydrogen-bond acceptors (Lipinski definition) is 6. The first kappa shape index (κ1) is 23.7. The third-order valence-corrected chi connectivity index (χ3v) is 6.16. The fourth-order valence-electron chi connectivity index (χ4n) is 4.39. The molecule has 1 aromatic carbocycles. The second-order valence-corrected chi connectivity index (χ2v) is 8.78. The zero-order chi connectivity index (χ0) is 25.8. The number of aryl methyl sites for hydroxylation is 2. The Balaban J connectivity index is 1.60. The highest BCUT2D eigenvalue weighted by Crippen LogP contribution is 2.39. The number of amidine groups is 1. The Morgan fingerprint density at radius 3 is 2.64 bits per heavy atom. The van der Waals surface area contributed by atoms with Crippen LogP contribution >= 0.6 is 0 Å². The van der Waals surface area contributed by atoms with Crippen LogP contribution in [0.25, 0.3) is 11.6 Å². The van der Waals surface area contributed by atoms with E-state index in [1.54, 1.807) is 33.2 Å². The van der Waals surface area contributed by atoms with Crippen molar-refractivity contribution in [2.75, 3.05) is 23.3 Å². The van der Waals surface area contributed by atoms with Gasteiger partial charge in [-0.1, -0.05) is 0 Å². The molecule has 0 spiro atoms. The fourth-order valence-corrected chi connectivity index (χ4v) is 4.39. The van der Waals surface area contributed by atoms with E-state index < -0.39 is 23.6 Å². The molecule has 36 heavy (non-hydrogen) atoms. The molecule has 5 rings (SSSR count). The molecule has 0 amide bonds. The van der Waals surface area contributed by atoms with E-state index in [1.807, 2.05) is 11.0 Å². The lowest BCUT2D eigenvalue weighted by Gasteiger charge is -2.29. The van der Waals surface area contributed by atoms with E-state index in [0.29, 0.717) is 42.2 Å².